The number of carbonyl (C=O) groups is 8. The van der Waals surface area contributed by atoms with E-state index < -0.39 is 89.7 Å². The van der Waals surface area contributed by atoms with Gasteiger partial charge in [-0.1, -0.05) is 44.2 Å². The third-order valence-corrected chi connectivity index (χ3v) is 9.95. The van der Waals surface area contributed by atoms with Gasteiger partial charge in [0.05, 0.1) is 18.8 Å². The van der Waals surface area contributed by atoms with Crippen LogP contribution in [0.5, 0.6) is 0 Å². The maximum atomic E-state index is 14.6. The summed E-state index contributed by atoms with van der Waals surface area (Å²) < 4.78 is 5.98. The fourth-order valence-electron chi connectivity index (χ4n) is 6.22. The van der Waals surface area contributed by atoms with Crippen LogP contribution in [0.3, 0.4) is 0 Å². The van der Waals surface area contributed by atoms with E-state index in [1.807, 2.05) is 32.0 Å². The third-order valence-electron chi connectivity index (χ3n) is 9.95. The summed E-state index contributed by atoms with van der Waals surface area (Å²) in [7, 11) is 5.84. The number of ether oxygens (including phenoxy) is 1. The quantitative estimate of drug-likeness (QED) is 0.314. The van der Waals surface area contributed by atoms with Crippen molar-refractivity contribution in [1.82, 2.24) is 40.9 Å². The van der Waals surface area contributed by atoms with Crippen molar-refractivity contribution in [2.24, 2.45) is 5.92 Å². The molecule has 1 fully saturated rings. The molecule has 0 saturated carbocycles. The number of benzene rings is 1. The minimum absolute atomic E-state index is 0.0349. The molecule has 8 amide bonds. The molecule has 6 atom stereocenters. The predicted octanol–water partition coefficient (Wildman–Crippen LogP) is 0.454. The van der Waals surface area contributed by atoms with E-state index in [-0.39, 0.29) is 50.7 Å². The van der Waals surface area contributed by atoms with Gasteiger partial charge in [-0.2, -0.15) is 0 Å². The van der Waals surface area contributed by atoms with Gasteiger partial charge < -0.3 is 45.6 Å². The van der Waals surface area contributed by atoms with Gasteiger partial charge in [0.15, 0.2) is 0 Å². The first-order chi connectivity index (χ1) is 26.9. The molecule has 1 aromatic rings. The van der Waals surface area contributed by atoms with E-state index in [1.54, 1.807) is 39.8 Å². The first kappa shape index (κ1) is 49.1. The Morgan fingerprint density at radius 3 is 1.93 bits per heavy atom. The molecule has 1 heterocycles. The summed E-state index contributed by atoms with van der Waals surface area (Å²) in [5.74, 6) is -4.49. The summed E-state index contributed by atoms with van der Waals surface area (Å²) in [6, 6.07) is 2.82. The van der Waals surface area contributed by atoms with Crippen molar-refractivity contribution in [3.8, 4) is 0 Å². The van der Waals surface area contributed by atoms with Gasteiger partial charge in [-0.3, -0.25) is 38.4 Å². The Hall–Kier alpha value is -5.06. The van der Waals surface area contributed by atoms with Crippen molar-refractivity contribution in [2.45, 2.75) is 123 Å². The minimum Gasteiger partial charge on any atom is -0.373 e. The lowest BCUT2D eigenvalue weighted by atomic mass is 9.98. The molecule has 58 heavy (non-hydrogen) atoms. The molecule has 324 valence electrons. The van der Waals surface area contributed by atoms with Gasteiger partial charge in [-0.25, -0.2) is 0 Å². The van der Waals surface area contributed by atoms with Crippen molar-refractivity contribution >= 4 is 47.3 Å². The van der Waals surface area contributed by atoms with Crippen molar-refractivity contribution in [3.63, 3.8) is 0 Å². The predicted molar refractivity (Wildman–Crippen MR) is 218 cm³/mol. The van der Waals surface area contributed by atoms with Gasteiger partial charge in [0, 0.05) is 60.0 Å². The molecular formula is C41H66N8O9. The zero-order valence-electron chi connectivity index (χ0n) is 36.3. The maximum Gasteiger partial charge on any atom is 0.247 e. The van der Waals surface area contributed by atoms with Crippen molar-refractivity contribution in [2.75, 3.05) is 47.9 Å². The molecular weight excluding hydrogens is 748 g/mol. The van der Waals surface area contributed by atoms with E-state index >= 15 is 0 Å². The molecule has 17 nitrogen and oxygen atoms in total. The summed E-state index contributed by atoms with van der Waals surface area (Å²) in [5, 5.41) is 10.7. The Labute approximate surface area is 343 Å². The summed E-state index contributed by atoms with van der Waals surface area (Å²) in [4.78, 5) is 114. The topological polar surface area (TPSA) is 207 Å². The van der Waals surface area contributed by atoms with E-state index in [2.05, 4.69) is 21.3 Å². The normalized spacial score (nSPS) is 25.4. The first-order valence-electron chi connectivity index (χ1n) is 19.8. The molecule has 2 rings (SSSR count). The van der Waals surface area contributed by atoms with Crippen LogP contribution in [-0.2, 0) is 49.5 Å². The molecule has 1 aliphatic heterocycles. The Kier molecular flexibility index (Phi) is 18.8. The third kappa shape index (κ3) is 15.4. The number of carbonyl (C=O) groups excluding carboxylic acids is 8. The van der Waals surface area contributed by atoms with Gasteiger partial charge in [-0.15, -0.1) is 0 Å². The fraction of sp³-hybridized carbons (Fsp3) is 0.659. The Bertz CT molecular complexity index is 1620. The molecule has 0 aliphatic carbocycles. The summed E-state index contributed by atoms with van der Waals surface area (Å²) in [6.45, 7) is 13.1. The second-order valence-corrected chi connectivity index (χ2v) is 16.6. The molecule has 0 spiro atoms. The van der Waals surface area contributed by atoms with Crippen LogP contribution in [0.4, 0.5) is 0 Å². The highest BCUT2D eigenvalue weighted by Gasteiger charge is 2.39. The smallest absolute Gasteiger partial charge is 0.247 e. The van der Waals surface area contributed by atoms with Crippen LogP contribution < -0.4 is 21.3 Å². The van der Waals surface area contributed by atoms with Crippen LogP contribution in [-0.4, -0.2) is 157 Å². The van der Waals surface area contributed by atoms with Crippen molar-refractivity contribution in [3.05, 3.63) is 35.9 Å². The van der Waals surface area contributed by atoms with E-state index in [9.17, 15) is 38.4 Å². The minimum atomic E-state index is -1.30. The second kappa shape index (κ2) is 22.2. The van der Waals surface area contributed by atoms with E-state index in [0.717, 1.165) is 10.5 Å². The van der Waals surface area contributed by atoms with Crippen molar-refractivity contribution < 1.29 is 43.1 Å². The number of rotatable bonds is 6. The van der Waals surface area contributed by atoms with Crippen LogP contribution in [0.2, 0.25) is 0 Å². The summed E-state index contributed by atoms with van der Waals surface area (Å²) >= 11 is 0. The molecule has 4 N–H and O–H groups in total. The number of likely N-dealkylation sites (N-methyl/N-ethyl adjacent to an activating group) is 3. The first-order valence-corrected chi connectivity index (χ1v) is 19.8. The standard InChI is InChI=1S/C41H66N8O9/c1-25(2)20-31-37(54)42-23-34(51)43-26(3)21-35(52)46(9)19-18-33(50)44-27(4)38(55)47(10)28(5)36(53)45-30(24-58-41(6,7)8)39(56)49(12)32(40(57)48(31)11)22-29-16-14-13-15-17-29/h13-17,25-28,30-32H,18-24H2,1-12H3,(H,42,54)(H,43,51)(H,44,50)(H,45,53)/t26-,27+,28+,30+,31+,32+/m1/s1. The molecule has 0 unspecified atom stereocenters. The molecule has 0 aromatic heterocycles. The lowest BCUT2D eigenvalue weighted by Gasteiger charge is -2.37. The van der Waals surface area contributed by atoms with E-state index in [1.165, 1.54) is 56.7 Å². The molecule has 0 radical (unpaired) electrons. The summed E-state index contributed by atoms with van der Waals surface area (Å²) in [5.41, 5.74) is 0.0100. The van der Waals surface area contributed by atoms with Crippen LogP contribution in [0.25, 0.3) is 0 Å². The second-order valence-electron chi connectivity index (χ2n) is 16.6. The van der Waals surface area contributed by atoms with E-state index in [0.29, 0.717) is 0 Å². The number of hydrogen-bond acceptors (Lipinski definition) is 9. The number of hydrogen-bond donors (Lipinski definition) is 4. The molecule has 1 aliphatic rings. The van der Waals surface area contributed by atoms with Gasteiger partial charge in [0.25, 0.3) is 0 Å². The zero-order chi connectivity index (χ0) is 44.1. The van der Waals surface area contributed by atoms with Crippen LogP contribution in [0, 0.1) is 5.92 Å². The average Bonchev–Trinajstić information content (AvgIpc) is 3.15. The largest absolute Gasteiger partial charge is 0.373 e. The number of nitrogens with one attached hydrogen (secondary N) is 4. The number of amides is 8. The van der Waals surface area contributed by atoms with Gasteiger partial charge in [0.1, 0.15) is 30.2 Å². The highest BCUT2D eigenvalue weighted by atomic mass is 16.5. The molecule has 17 heteroatoms. The maximum absolute atomic E-state index is 14.6. The number of nitrogens with zero attached hydrogens (tertiary/aromatic N) is 4. The lowest BCUT2D eigenvalue weighted by molar-refractivity contribution is -0.151. The molecule has 1 aromatic carbocycles. The summed E-state index contributed by atoms with van der Waals surface area (Å²) in [6.07, 6.45) is 0.107. The van der Waals surface area contributed by atoms with Crippen LogP contribution in [0.1, 0.15) is 80.2 Å². The van der Waals surface area contributed by atoms with Crippen LogP contribution in [0.15, 0.2) is 30.3 Å². The monoisotopic (exact) mass is 814 g/mol. The highest BCUT2D eigenvalue weighted by molar-refractivity contribution is 5.97. The lowest BCUT2D eigenvalue weighted by Crippen LogP contribution is -2.61. The van der Waals surface area contributed by atoms with Crippen molar-refractivity contribution in [1.29, 1.82) is 0 Å². The molecule has 0 bridgehead atoms. The van der Waals surface area contributed by atoms with Gasteiger partial charge in [-0.05, 0) is 59.4 Å². The SMILES string of the molecule is CC(C)C[C@H]1C(=O)NCC(=O)N[C@H](C)CC(=O)N(C)CCC(=O)N[C@@H](C)C(=O)N(C)[C@@H](C)C(=O)N[C@@H](COC(C)(C)C)C(=O)N(C)[C@@H](Cc2ccccc2)C(=O)N1C. The fourth-order valence-corrected chi connectivity index (χ4v) is 6.22. The molecule has 1 saturated heterocycles. The Morgan fingerprint density at radius 1 is 0.741 bits per heavy atom. The van der Waals surface area contributed by atoms with E-state index in [4.69, 9.17) is 4.74 Å². The average molecular weight is 815 g/mol. The van der Waals surface area contributed by atoms with Gasteiger partial charge in [0.2, 0.25) is 47.3 Å². The van der Waals surface area contributed by atoms with Crippen LogP contribution >= 0.6 is 0 Å². The van der Waals surface area contributed by atoms with Gasteiger partial charge >= 0.3 is 0 Å². The zero-order valence-corrected chi connectivity index (χ0v) is 36.3. The Balaban J connectivity index is 2.62. The Morgan fingerprint density at radius 2 is 1.34 bits per heavy atom. The highest BCUT2D eigenvalue weighted by Crippen LogP contribution is 2.18.